The Morgan fingerprint density at radius 2 is 1.59 bits per heavy atom. The summed E-state index contributed by atoms with van der Waals surface area (Å²) in [6, 6.07) is 5.01. The number of fused-ring (bicyclic) bond motifs is 1. The molecule has 2 aromatic carbocycles. The van der Waals surface area contributed by atoms with Gasteiger partial charge in [-0.2, -0.15) is 18.3 Å². The molecule has 1 aliphatic heterocycles. The molecule has 0 spiro atoms. The first-order valence-electron chi connectivity index (χ1n) is 12.0. The molecule has 14 heteroatoms. The first kappa shape index (κ1) is 28.8. The summed E-state index contributed by atoms with van der Waals surface area (Å²) in [5.41, 5.74) is 1.23. The SMILES string of the molecule is Cc1c(C(=O)CCC(F)(F)F)ccc2nn(CC3CCN(C(=O)c4ccc(S(F)(F)(F)(F)F)cc4)CC3)cc12. The Hall–Kier alpha value is -3.16. The van der Waals surface area contributed by atoms with E-state index in [1.54, 1.807) is 23.9 Å². The Morgan fingerprint density at radius 1 is 0.974 bits per heavy atom. The van der Waals surface area contributed by atoms with Gasteiger partial charge in [-0.3, -0.25) is 14.3 Å². The number of aromatic nitrogens is 2. The topological polar surface area (TPSA) is 55.2 Å². The second-order valence-corrected chi connectivity index (χ2v) is 12.2. The first-order valence-corrected chi connectivity index (χ1v) is 14.0. The molecule has 0 aliphatic carbocycles. The highest BCUT2D eigenvalue weighted by molar-refractivity contribution is 8.45. The highest BCUT2D eigenvalue weighted by Crippen LogP contribution is 3.02. The number of hydrogen-bond donors (Lipinski definition) is 0. The summed E-state index contributed by atoms with van der Waals surface area (Å²) in [7, 11) is -9.81. The van der Waals surface area contributed by atoms with E-state index in [1.165, 1.54) is 11.0 Å². The van der Waals surface area contributed by atoms with E-state index in [4.69, 9.17) is 0 Å². The highest BCUT2D eigenvalue weighted by Gasteiger charge is 2.65. The predicted octanol–water partition coefficient (Wildman–Crippen LogP) is 8.08. The van der Waals surface area contributed by atoms with E-state index in [1.807, 2.05) is 0 Å². The maximum atomic E-state index is 12.9. The van der Waals surface area contributed by atoms with E-state index in [-0.39, 0.29) is 29.2 Å². The number of carbonyl (C=O) groups is 2. The van der Waals surface area contributed by atoms with E-state index in [2.05, 4.69) is 5.10 Å². The summed E-state index contributed by atoms with van der Waals surface area (Å²) in [5.74, 6) is -1.04. The van der Waals surface area contributed by atoms with Gasteiger partial charge in [0, 0.05) is 48.8 Å². The number of nitrogens with zero attached hydrogens (tertiary/aromatic N) is 3. The van der Waals surface area contributed by atoms with E-state index in [9.17, 15) is 42.2 Å². The van der Waals surface area contributed by atoms with Gasteiger partial charge in [0.1, 0.15) is 4.90 Å². The van der Waals surface area contributed by atoms with Crippen molar-refractivity contribution in [3.05, 3.63) is 59.3 Å². The molecule has 2 heterocycles. The Kier molecular flexibility index (Phi) is 6.81. The second kappa shape index (κ2) is 9.20. The van der Waals surface area contributed by atoms with Crippen molar-refractivity contribution in [1.29, 1.82) is 0 Å². The lowest BCUT2D eigenvalue weighted by molar-refractivity contribution is -0.133. The molecule has 1 amide bonds. The molecule has 4 rings (SSSR count). The van der Waals surface area contributed by atoms with E-state index in [0.717, 1.165) is 12.1 Å². The molecule has 1 fully saturated rings. The molecule has 3 aromatic rings. The molecule has 0 saturated carbocycles. The molecule has 39 heavy (non-hydrogen) atoms. The molecule has 214 valence electrons. The summed E-state index contributed by atoms with van der Waals surface area (Å²) in [6.45, 7) is 2.75. The van der Waals surface area contributed by atoms with Crippen molar-refractivity contribution in [1.82, 2.24) is 14.7 Å². The van der Waals surface area contributed by atoms with E-state index < -0.39 is 45.8 Å². The number of hydrogen-bond acceptors (Lipinski definition) is 3. The van der Waals surface area contributed by atoms with Gasteiger partial charge in [0.15, 0.2) is 5.78 Å². The molecule has 1 aliphatic rings. The number of likely N-dealkylation sites (tertiary alicyclic amines) is 1. The van der Waals surface area contributed by atoms with Crippen molar-refractivity contribution < 1.29 is 42.2 Å². The predicted molar refractivity (Wildman–Crippen MR) is 131 cm³/mol. The average molecular weight is 584 g/mol. The van der Waals surface area contributed by atoms with Crippen LogP contribution in [0.1, 0.15) is 52.0 Å². The summed E-state index contributed by atoms with van der Waals surface area (Å²) < 4.78 is 104. The van der Waals surface area contributed by atoms with Crippen molar-refractivity contribution in [2.45, 2.75) is 50.2 Å². The number of aryl methyl sites for hydroxylation is 1. The number of Topliss-reactive ketones (excluding diaryl/α,β-unsaturated/α-hetero) is 1. The lowest BCUT2D eigenvalue weighted by Gasteiger charge is -2.40. The van der Waals surface area contributed by atoms with Crippen molar-refractivity contribution in [3.8, 4) is 0 Å². The van der Waals surface area contributed by atoms with Crippen LogP contribution >= 0.6 is 10.2 Å². The van der Waals surface area contributed by atoms with Crippen LogP contribution in [0.4, 0.5) is 32.6 Å². The summed E-state index contributed by atoms with van der Waals surface area (Å²) in [4.78, 5) is 24.4. The third-order valence-corrected chi connectivity index (χ3v) is 8.00. The van der Waals surface area contributed by atoms with Crippen LogP contribution < -0.4 is 0 Å². The quantitative estimate of drug-likeness (QED) is 0.209. The van der Waals surface area contributed by atoms with Gasteiger partial charge in [-0.25, -0.2) is 0 Å². The number of piperidine rings is 1. The third-order valence-electron chi connectivity index (χ3n) is 6.84. The molecule has 5 nitrogen and oxygen atoms in total. The molecule has 1 saturated heterocycles. The number of carbonyl (C=O) groups excluding carboxylic acids is 2. The summed E-state index contributed by atoms with van der Waals surface area (Å²) >= 11 is 0. The number of amides is 1. The zero-order chi connectivity index (χ0) is 28.9. The van der Waals surface area contributed by atoms with Crippen molar-refractivity contribution in [3.63, 3.8) is 0 Å². The van der Waals surface area contributed by atoms with Crippen LogP contribution in [0.3, 0.4) is 0 Å². The fraction of sp³-hybridized carbons (Fsp3) is 0.400. The van der Waals surface area contributed by atoms with Crippen molar-refractivity contribution in [2.75, 3.05) is 13.1 Å². The number of rotatable bonds is 7. The lowest BCUT2D eigenvalue weighted by atomic mass is 9.96. The smallest absolute Gasteiger partial charge is 0.339 e. The molecule has 0 unspecified atom stereocenters. The molecule has 0 N–H and O–H groups in total. The maximum Gasteiger partial charge on any atom is 0.389 e. The Balaban J connectivity index is 1.37. The molecule has 0 atom stereocenters. The zero-order valence-corrected chi connectivity index (χ0v) is 21.5. The van der Waals surface area contributed by atoms with Gasteiger partial charge in [-0.05, 0) is 67.6 Å². The maximum absolute atomic E-state index is 12.9. The van der Waals surface area contributed by atoms with Crippen LogP contribution in [-0.2, 0) is 6.54 Å². The Bertz CT molecular complexity index is 1410. The number of alkyl halides is 3. The van der Waals surface area contributed by atoms with Gasteiger partial charge in [-0.1, -0.05) is 19.4 Å². The number of halogens is 8. The first-order chi connectivity index (χ1) is 17.8. The van der Waals surface area contributed by atoms with Crippen LogP contribution in [0.15, 0.2) is 47.5 Å². The molecule has 0 radical (unpaired) electrons. The van der Waals surface area contributed by atoms with Crippen molar-refractivity contribution in [2.24, 2.45) is 5.92 Å². The number of ketones is 1. The zero-order valence-electron chi connectivity index (χ0n) is 20.7. The molecular weight excluding hydrogens is 558 g/mol. The minimum atomic E-state index is -9.81. The molecule has 1 aromatic heterocycles. The Labute approximate surface area is 218 Å². The highest BCUT2D eigenvalue weighted by atomic mass is 32.5. The third kappa shape index (κ3) is 6.89. The average Bonchev–Trinajstić information content (AvgIpc) is 3.24. The minimum Gasteiger partial charge on any atom is -0.339 e. The van der Waals surface area contributed by atoms with Gasteiger partial charge in [0.25, 0.3) is 5.91 Å². The second-order valence-electron chi connectivity index (χ2n) is 9.79. The largest absolute Gasteiger partial charge is 0.389 e. The van der Waals surface area contributed by atoms with Crippen LogP contribution in [0.5, 0.6) is 0 Å². The molecule has 0 bridgehead atoms. The normalized spacial score (nSPS) is 17.2. The lowest BCUT2D eigenvalue weighted by Crippen LogP contribution is -2.39. The van der Waals surface area contributed by atoms with Gasteiger partial charge in [0.05, 0.1) is 11.9 Å². The van der Waals surface area contributed by atoms with Gasteiger partial charge in [-0.15, -0.1) is 0 Å². The fourth-order valence-electron chi connectivity index (χ4n) is 4.69. The summed E-state index contributed by atoms with van der Waals surface area (Å²) in [6.07, 6.45) is -3.41. The fourth-order valence-corrected chi connectivity index (χ4v) is 5.34. The Morgan fingerprint density at radius 3 is 2.15 bits per heavy atom. The van der Waals surface area contributed by atoms with Crippen LogP contribution in [0, 0.1) is 12.8 Å². The van der Waals surface area contributed by atoms with Crippen LogP contribution in [0.2, 0.25) is 0 Å². The standard InChI is InChI=1S/C25H25F8N3O2S/c1-16-20(23(37)8-11-25(26,27)28)6-7-22-21(16)15-36(34-22)14-17-9-12-35(13-10-17)24(38)18-2-4-19(5-3-18)39(29,30,31,32)33/h2-7,15,17H,8-14H2,1H3. The minimum absolute atomic E-state index is 0.104. The van der Waals surface area contributed by atoms with Crippen molar-refractivity contribution >= 4 is 32.8 Å². The number of benzene rings is 2. The van der Waals surface area contributed by atoms with Gasteiger partial charge >= 0.3 is 16.4 Å². The van der Waals surface area contributed by atoms with Crippen LogP contribution in [-0.4, -0.2) is 45.6 Å². The van der Waals surface area contributed by atoms with Crippen LogP contribution in [0.25, 0.3) is 10.9 Å². The monoisotopic (exact) mass is 583 g/mol. The summed E-state index contributed by atoms with van der Waals surface area (Å²) in [5, 5.41) is 5.14. The van der Waals surface area contributed by atoms with Gasteiger partial charge in [0.2, 0.25) is 0 Å². The van der Waals surface area contributed by atoms with E-state index in [0.29, 0.717) is 48.9 Å². The van der Waals surface area contributed by atoms with E-state index >= 15 is 0 Å². The molecular formula is C25H25F8N3O2S. The van der Waals surface area contributed by atoms with Gasteiger partial charge < -0.3 is 4.90 Å².